The SMILES string of the molecule is CN(c1ccc(O)cc1)c1ccc(C(=O)c2cc(C(=O)O)cc(-n3ccc4ccccc43)c2)nc1. The number of rotatable bonds is 6. The summed E-state index contributed by atoms with van der Waals surface area (Å²) in [5.74, 6) is -1.31. The lowest BCUT2D eigenvalue weighted by Crippen LogP contribution is -2.11. The number of phenolic OH excluding ortho intramolecular Hbond substituents is 1. The lowest BCUT2D eigenvalue weighted by atomic mass is 10.0. The van der Waals surface area contributed by atoms with E-state index in [2.05, 4.69) is 4.98 Å². The summed E-state index contributed by atoms with van der Waals surface area (Å²) in [7, 11) is 1.86. The van der Waals surface area contributed by atoms with Crippen molar-refractivity contribution in [2.75, 3.05) is 11.9 Å². The number of ketones is 1. The number of hydrogen-bond donors (Lipinski definition) is 2. The van der Waals surface area contributed by atoms with E-state index in [1.807, 2.05) is 53.0 Å². The quantitative estimate of drug-likeness (QED) is 0.326. The van der Waals surface area contributed by atoms with Crippen LogP contribution in [0, 0.1) is 0 Å². The van der Waals surface area contributed by atoms with E-state index in [0.29, 0.717) is 5.69 Å². The molecule has 172 valence electrons. The molecule has 0 fully saturated rings. The van der Waals surface area contributed by atoms with Crippen molar-refractivity contribution in [3.63, 3.8) is 0 Å². The first kappa shape index (κ1) is 21.9. The lowest BCUT2D eigenvalue weighted by molar-refractivity contribution is 0.0697. The van der Waals surface area contributed by atoms with Crippen molar-refractivity contribution in [2.45, 2.75) is 0 Å². The smallest absolute Gasteiger partial charge is 0.335 e. The van der Waals surface area contributed by atoms with Crippen LogP contribution in [-0.2, 0) is 0 Å². The van der Waals surface area contributed by atoms with Gasteiger partial charge in [0.15, 0.2) is 0 Å². The summed E-state index contributed by atoms with van der Waals surface area (Å²) in [5.41, 5.74) is 3.56. The largest absolute Gasteiger partial charge is 0.508 e. The molecule has 0 aliphatic carbocycles. The zero-order valence-electron chi connectivity index (χ0n) is 18.8. The number of aromatic carboxylic acids is 1. The number of fused-ring (bicyclic) bond motifs is 1. The fraction of sp³-hybridized carbons (Fsp3) is 0.0357. The number of carboxylic acids is 1. The molecule has 35 heavy (non-hydrogen) atoms. The maximum absolute atomic E-state index is 13.3. The van der Waals surface area contributed by atoms with Crippen LogP contribution in [0.1, 0.15) is 26.4 Å². The summed E-state index contributed by atoms with van der Waals surface area (Å²) in [6, 6.07) is 24.4. The Morgan fingerprint density at radius 3 is 2.29 bits per heavy atom. The number of carboxylic acid groups (broad SMARTS) is 1. The van der Waals surface area contributed by atoms with Gasteiger partial charge >= 0.3 is 5.97 Å². The number of hydrogen-bond acceptors (Lipinski definition) is 5. The molecule has 0 saturated heterocycles. The average Bonchev–Trinajstić information content (AvgIpc) is 3.32. The number of carbonyl (C=O) groups excluding carboxylic acids is 1. The molecule has 0 saturated carbocycles. The Morgan fingerprint density at radius 2 is 1.57 bits per heavy atom. The van der Waals surface area contributed by atoms with Gasteiger partial charge in [0.25, 0.3) is 0 Å². The monoisotopic (exact) mass is 463 g/mol. The molecule has 0 radical (unpaired) electrons. The first-order valence-electron chi connectivity index (χ1n) is 10.9. The van der Waals surface area contributed by atoms with Crippen LogP contribution in [0.25, 0.3) is 16.6 Å². The molecule has 7 heteroatoms. The minimum atomic E-state index is -1.11. The zero-order chi connectivity index (χ0) is 24.5. The average molecular weight is 463 g/mol. The summed E-state index contributed by atoms with van der Waals surface area (Å²) in [4.78, 5) is 31.3. The van der Waals surface area contributed by atoms with Crippen LogP contribution in [0.15, 0.2) is 97.3 Å². The van der Waals surface area contributed by atoms with E-state index in [1.165, 1.54) is 6.07 Å². The van der Waals surface area contributed by atoms with Gasteiger partial charge < -0.3 is 19.7 Å². The van der Waals surface area contributed by atoms with E-state index in [-0.39, 0.29) is 28.4 Å². The van der Waals surface area contributed by atoms with Gasteiger partial charge in [-0.2, -0.15) is 0 Å². The van der Waals surface area contributed by atoms with Crippen LogP contribution in [-0.4, -0.2) is 38.6 Å². The van der Waals surface area contributed by atoms with E-state index < -0.39 is 5.97 Å². The van der Waals surface area contributed by atoms with Crippen molar-refractivity contribution < 1.29 is 19.8 Å². The number of pyridine rings is 1. The predicted molar refractivity (Wildman–Crippen MR) is 134 cm³/mol. The molecule has 5 rings (SSSR count). The molecule has 2 N–H and O–H groups in total. The highest BCUT2D eigenvalue weighted by atomic mass is 16.4. The van der Waals surface area contributed by atoms with Crippen molar-refractivity contribution in [3.8, 4) is 11.4 Å². The molecule has 5 aromatic rings. The van der Waals surface area contributed by atoms with Crippen molar-refractivity contribution in [1.82, 2.24) is 9.55 Å². The van der Waals surface area contributed by atoms with Crippen LogP contribution >= 0.6 is 0 Å². The van der Waals surface area contributed by atoms with E-state index in [4.69, 9.17) is 0 Å². The third-order valence-electron chi connectivity index (χ3n) is 5.91. The molecule has 0 aliphatic heterocycles. The highest BCUT2D eigenvalue weighted by Gasteiger charge is 2.17. The van der Waals surface area contributed by atoms with Crippen LogP contribution < -0.4 is 4.90 Å². The Morgan fingerprint density at radius 1 is 0.857 bits per heavy atom. The first-order valence-corrected chi connectivity index (χ1v) is 10.9. The van der Waals surface area contributed by atoms with Gasteiger partial charge in [-0.05, 0) is 72.1 Å². The number of aromatic nitrogens is 2. The number of benzene rings is 3. The molecular formula is C28H21N3O4. The second kappa shape index (κ2) is 8.79. The van der Waals surface area contributed by atoms with Crippen LogP contribution in [0.5, 0.6) is 5.75 Å². The van der Waals surface area contributed by atoms with Crippen molar-refractivity contribution >= 4 is 34.0 Å². The first-order chi connectivity index (χ1) is 16.9. The molecule has 0 aliphatic rings. The fourth-order valence-corrected chi connectivity index (χ4v) is 4.00. The van der Waals surface area contributed by atoms with Gasteiger partial charge in [-0.3, -0.25) is 9.78 Å². The standard InChI is InChI=1S/C28H21N3O4/c1-30(21-6-9-24(32)10-7-21)22-8-11-25(29-17-22)27(33)19-14-20(28(34)35)16-23(15-19)31-13-12-18-4-2-3-5-26(18)31/h2-17,32H,1H3,(H,34,35). The summed E-state index contributed by atoms with van der Waals surface area (Å²) in [6.07, 6.45) is 3.44. The number of aromatic hydroxyl groups is 1. The Balaban J connectivity index is 1.49. The molecule has 3 aromatic carbocycles. The van der Waals surface area contributed by atoms with Gasteiger partial charge in [-0.1, -0.05) is 18.2 Å². The summed E-state index contributed by atoms with van der Waals surface area (Å²) < 4.78 is 1.86. The number of phenols is 1. The maximum atomic E-state index is 13.3. The van der Waals surface area contributed by atoms with Gasteiger partial charge in [-0.15, -0.1) is 0 Å². The third-order valence-corrected chi connectivity index (χ3v) is 5.91. The molecule has 0 atom stereocenters. The van der Waals surface area contributed by atoms with Gasteiger partial charge in [0.05, 0.1) is 23.0 Å². The van der Waals surface area contributed by atoms with Gasteiger partial charge in [0, 0.05) is 30.2 Å². The number of nitrogens with zero attached hydrogens (tertiary/aromatic N) is 3. The van der Waals surface area contributed by atoms with E-state index in [1.54, 1.807) is 54.7 Å². The zero-order valence-corrected chi connectivity index (χ0v) is 18.8. The van der Waals surface area contributed by atoms with Crippen LogP contribution in [0.4, 0.5) is 11.4 Å². The van der Waals surface area contributed by atoms with Crippen molar-refractivity contribution in [3.05, 3.63) is 114 Å². The molecule has 2 heterocycles. The highest BCUT2D eigenvalue weighted by molar-refractivity contribution is 6.09. The molecular weight excluding hydrogens is 442 g/mol. The second-order valence-corrected chi connectivity index (χ2v) is 8.12. The maximum Gasteiger partial charge on any atom is 0.335 e. The molecule has 0 unspecified atom stereocenters. The third kappa shape index (κ3) is 4.22. The Kier molecular flexibility index (Phi) is 5.51. The van der Waals surface area contributed by atoms with Crippen LogP contribution in [0.2, 0.25) is 0 Å². The highest BCUT2D eigenvalue weighted by Crippen LogP contribution is 2.26. The van der Waals surface area contributed by atoms with Gasteiger partial charge in [0.1, 0.15) is 11.4 Å². The van der Waals surface area contributed by atoms with Gasteiger partial charge in [-0.25, -0.2) is 4.79 Å². The Hall–Kier alpha value is -4.91. The topological polar surface area (TPSA) is 95.7 Å². The van der Waals surface area contributed by atoms with E-state index in [0.717, 1.165) is 22.3 Å². The molecule has 0 amide bonds. The fourth-order valence-electron chi connectivity index (χ4n) is 4.00. The summed E-state index contributed by atoms with van der Waals surface area (Å²) in [5, 5.41) is 20.2. The van der Waals surface area contributed by atoms with E-state index in [9.17, 15) is 19.8 Å². The molecule has 2 aromatic heterocycles. The van der Waals surface area contributed by atoms with Crippen molar-refractivity contribution in [1.29, 1.82) is 0 Å². The number of anilines is 2. The summed E-state index contributed by atoms with van der Waals surface area (Å²) >= 11 is 0. The minimum absolute atomic E-state index is 0.0207. The molecule has 0 bridgehead atoms. The van der Waals surface area contributed by atoms with Crippen molar-refractivity contribution in [2.24, 2.45) is 0 Å². The molecule has 7 nitrogen and oxygen atoms in total. The lowest BCUT2D eigenvalue weighted by Gasteiger charge is -2.19. The predicted octanol–water partition coefficient (Wildman–Crippen LogP) is 5.43. The minimum Gasteiger partial charge on any atom is -0.508 e. The normalized spacial score (nSPS) is 10.9. The number of para-hydroxylation sites is 1. The Bertz CT molecular complexity index is 1550. The van der Waals surface area contributed by atoms with E-state index >= 15 is 0 Å². The Labute approximate surface area is 201 Å². The number of carbonyl (C=O) groups is 2. The summed E-state index contributed by atoms with van der Waals surface area (Å²) in [6.45, 7) is 0. The second-order valence-electron chi connectivity index (χ2n) is 8.12. The van der Waals surface area contributed by atoms with Gasteiger partial charge in [0.2, 0.25) is 5.78 Å². The van der Waals surface area contributed by atoms with Crippen LogP contribution in [0.3, 0.4) is 0 Å². The molecule has 0 spiro atoms.